The largest absolute Gasteiger partial charge is 0.431 e. The van der Waals surface area contributed by atoms with Crippen LogP contribution in [0.5, 0.6) is 5.75 Å². The van der Waals surface area contributed by atoms with Gasteiger partial charge in [0.05, 0.1) is 0 Å². The van der Waals surface area contributed by atoms with E-state index in [1.54, 1.807) is 24.3 Å². The zero-order valence-electron chi connectivity index (χ0n) is 6.89. The molecule has 1 heterocycles. The minimum absolute atomic E-state index is 0.262. The summed E-state index contributed by atoms with van der Waals surface area (Å²) in [5.74, 6) is 0.262. The van der Waals surface area contributed by atoms with Crippen molar-refractivity contribution in [3.8, 4) is 5.75 Å². The lowest BCUT2D eigenvalue weighted by atomic mass is 10.2. The lowest BCUT2D eigenvalue weighted by molar-refractivity contribution is -0.168. The van der Waals surface area contributed by atoms with Crippen LogP contribution in [-0.4, -0.2) is 12.7 Å². The molecule has 2 nitrogen and oxygen atoms in total. The van der Waals surface area contributed by atoms with Crippen molar-refractivity contribution in [3.63, 3.8) is 0 Å². The Morgan fingerprint density at radius 3 is 2.92 bits per heavy atom. The maximum atomic E-state index is 12.9. The predicted octanol–water partition coefficient (Wildman–Crippen LogP) is 1.76. The zero-order chi connectivity index (χ0) is 9.31. The van der Waals surface area contributed by atoms with Crippen LogP contribution in [0.1, 0.15) is 5.56 Å². The molecule has 70 valence electrons. The summed E-state index contributed by atoms with van der Waals surface area (Å²) in [6.07, 6.45) is -3.10. The number of hydrogen-bond acceptors (Lipinski definition) is 2. The maximum absolute atomic E-state index is 12.9. The summed E-state index contributed by atoms with van der Waals surface area (Å²) in [6, 6.07) is 6.80. The van der Waals surface area contributed by atoms with Crippen molar-refractivity contribution < 1.29 is 13.5 Å². The fourth-order valence-corrected chi connectivity index (χ4v) is 1.29. The van der Waals surface area contributed by atoms with Crippen molar-refractivity contribution in [2.75, 3.05) is 6.54 Å². The van der Waals surface area contributed by atoms with Crippen molar-refractivity contribution in [1.82, 2.24) is 5.32 Å². The highest BCUT2D eigenvalue weighted by atomic mass is 19.3. The summed E-state index contributed by atoms with van der Waals surface area (Å²) >= 11 is 0. The molecule has 2 rings (SSSR count). The summed E-state index contributed by atoms with van der Waals surface area (Å²) < 4.78 is 30.3. The molecule has 1 aliphatic rings. The van der Waals surface area contributed by atoms with Gasteiger partial charge in [-0.3, -0.25) is 0 Å². The third kappa shape index (κ3) is 1.78. The molecule has 0 atom stereocenters. The molecule has 0 saturated heterocycles. The molecule has 0 amide bonds. The molecular weight excluding hydrogens is 176 g/mol. The molecule has 0 bridgehead atoms. The molecule has 0 spiro atoms. The Morgan fingerprint density at radius 2 is 2.08 bits per heavy atom. The van der Waals surface area contributed by atoms with Crippen LogP contribution in [0.3, 0.4) is 0 Å². The number of hydrogen-bond donors (Lipinski definition) is 1. The van der Waals surface area contributed by atoms with Crippen LogP contribution in [0.25, 0.3) is 0 Å². The molecule has 1 N–H and O–H groups in total. The molecule has 4 heteroatoms. The number of alkyl halides is 2. The third-order valence-electron chi connectivity index (χ3n) is 1.88. The van der Waals surface area contributed by atoms with Crippen molar-refractivity contribution in [2.45, 2.75) is 12.7 Å². The van der Waals surface area contributed by atoms with Gasteiger partial charge >= 0.3 is 6.11 Å². The quantitative estimate of drug-likeness (QED) is 0.665. The lowest BCUT2D eigenvalue weighted by Gasteiger charge is -2.14. The first-order valence-electron chi connectivity index (χ1n) is 4.03. The second-order valence-electron chi connectivity index (χ2n) is 2.95. The van der Waals surface area contributed by atoms with E-state index < -0.39 is 12.7 Å². The fourth-order valence-electron chi connectivity index (χ4n) is 1.29. The highest BCUT2D eigenvalue weighted by Crippen LogP contribution is 2.27. The number of para-hydroxylation sites is 1. The van der Waals surface area contributed by atoms with Gasteiger partial charge in [0.1, 0.15) is 12.3 Å². The van der Waals surface area contributed by atoms with E-state index in [0.717, 1.165) is 5.56 Å². The Balaban J connectivity index is 2.34. The van der Waals surface area contributed by atoms with Crippen LogP contribution in [0.15, 0.2) is 24.3 Å². The van der Waals surface area contributed by atoms with E-state index in [0.29, 0.717) is 6.54 Å². The van der Waals surface area contributed by atoms with Crippen LogP contribution < -0.4 is 10.1 Å². The average Bonchev–Trinajstić information content (AvgIpc) is 2.21. The topological polar surface area (TPSA) is 21.3 Å². The standard InChI is InChI=1S/C9H9F2NO/c10-9(11)6-12-5-7-3-1-2-4-8(7)13-9/h1-4,12H,5-6H2. The summed E-state index contributed by atoms with van der Waals surface area (Å²) in [5.41, 5.74) is 0.764. The molecule has 0 unspecified atom stereocenters. The molecule has 0 fully saturated rings. The van der Waals surface area contributed by atoms with E-state index >= 15 is 0 Å². The van der Waals surface area contributed by atoms with Gasteiger partial charge in [0.2, 0.25) is 0 Å². The Labute approximate surface area is 74.5 Å². The van der Waals surface area contributed by atoms with Gasteiger partial charge in [-0.2, -0.15) is 8.78 Å². The maximum Gasteiger partial charge on any atom is 0.410 e. The molecule has 1 aliphatic heterocycles. The van der Waals surface area contributed by atoms with Crippen LogP contribution in [0, 0.1) is 0 Å². The van der Waals surface area contributed by atoms with E-state index in [-0.39, 0.29) is 5.75 Å². The first-order valence-corrected chi connectivity index (χ1v) is 4.03. The number of rotatable bonds is 0. The van der Waals surface area contributed by atoms with E-state index in [2.05, 4.69) is 10.1 Å². The zero-order valence-corrected chi connectivity index (χ0v) is 6.89. The highest BCUT2D eigenvalue weighted by molar-refractivity contribution is 5.34. The number of halogens is 2. The summed E-state index contributed by atoms with van der Waals surface area (Å²) in [4.78, 5) is 0. The van der Waals surface area contributed by atoms with Crippen LogP contribution in [-0.2, 0) is 6.54 Å². The second-order valence-corrected chi connectivity index (χ2v) is 2.95. The van der Waals surface area contributed by atoms with Gasteiger partial charge in [0, 0.05) is 12.1 Å². The van der Waals surface area contributed by atoms with Crippen LogP contribution in [0.4, 0.5) is 8.78 Å². The van der Waals surface area contributed by atoms with Gasteiger partial charge in [0.25, 0.3) is 0 Å². The molecule has 0 aromatic heterocycles. The molecule has 1 aromatic rings. The van der Waals surface area contributed by atoms with Gasteiger partial charge in [-0.15, -0.1) is 0 Å². The van der Waals surface area contributed by atoms with Gasteiger partial charge in [0.15, 0.2) is 0 Å². The van der Waals surface area contributed by atoms with E-state index in [4.69, 9.17) is 0 Å². The lowest BCUT2D eigenvalue weighted by Crippen LogP contribution is -2.34. The van der Waals surface area contributed by atoms with Gasteiger partial charge in [-0.05, 0) is 6.07 Å². The first-order chi connectivity index (χ1) is 6.17. The van der Waals surface area contributed by atoms with Gasteiger partial charge < -0.3 is 10.1 Å². The molecule has 0 aliphatic carbocycles. The highest BCUT2D eigenvalue weighted by Gasteiger charge is 2.33. The SMILES string of the molecule is FC1(F)CNCc2ccccc2O1. The Morgan fingerprint density at radius 1 is 1.31 bits per heavy atom. The molecular formula is C9H9F2NO. The number of fused-ring (bicyclic) bond motifs is 1. The van der Waals surface area contributed by atoms with Crippen molar-refractivity contribution in [1.29, 1.82) is 0 Å². The molecule has 0 saturated carbocycles. The number of benzene rings is 1. The van der Waals surface area contributed by atoms with Crippen molar-refractivity contribution in [2.24, 2.45) is 0 Å². The first kappa shape index (κ1) is 8.44. The Hall–Kier alpha value is -1.16. The summed E-state index contributed by atoms with van der Waals surface area (Å²) in [5, 5.41) is 2.62. The van der Waals surface area contributed by atoms with E-state index in [9.17, 15) is 8.78 Å². The minimum Gasteiger partial charge on any atom is -0.431 e. The van der Waals surface area contributed by atoms with E-state index in [1.807, 2.05) is 0 Å². The van der Waals surface area contributed by atoms with Crippen LogP contribution >= 0.6 is 0 Å². The second kappa shape index (κ2) is 2.96. The van der Waals surface area contributed by atoms with Crippen LogP contribution in [0.2, 0.25) is 0 Å². The fraction of sp³-hybridized carbons (Fsp3) is 0.333. The van der Waals surface area contributed by atoms with E-state index in [1.165, 1.54) is 0 Å². The van der Waals surface area contributed by atoms with Gasteiger partial charge in [-0.25, -0.2) is 0 Å². The molecule has 13 heavy (non-hydrogen) atoms. The molecule has 0 radical (unpaired) electrons. The molecule has 1 aromatic carbocycles. The van der Waals surface area contributed by atoms with Crippen molar-refractivity contribution in [3.05, 3.63) is 29.8 Å². The number of ether oxygens (including phenoxy) is 1. The van der Waals surface area contributed by atoms with Crippen molar-refractivity contribution >= 4 is 0 Å². The normalized spacial score (nSPS) is 19.8. The van der Waals surface area contributed by atoms with Gasteiger partial charge in [-0.1, -0.05) is 18.2 Å². The number of nitrogens with one attached hydrogen (secondary N) is 1. The smallest absolute Gasteiger partial charge is 0.410 e. The summed E-state index contributed by atoms with van der Waals surface area (Å²) in [7, 11) is 0. The Bertz CT molecular complexity index is 314. The third-order valence-corrected chi connectivity index (χ3v) is 1.88. The summed E-state index contributed by atoms with van der Waals surface area (Å²) in [6.45, 7) is -0.0204. The predicted molar refractivity (Wildman–Crippen MR) is 43.7 cm³/mol. The average molecular weight is 185 g/mol. The monoisotopic (exact) mass is 185 g/mol. The minimum atomic E-state index is -3.10. The Kier molecular flexibility index (Phi) is 1.92.